The number of pyridine rings is 1. The summed E-state index contributed by atoms with van der Waals surface area (Å²) in [6.07, 6.45) is 6.36. The van der Waals surface area contributed by atoms with Crippen LogP contribution in [0.15, 0.2) is 18.5 Å². The van der Waals surface area contributed by atoms with Gasteiger partial charge in [-0.2, -0.15) is 0 Å². The van der Waals surface area contributed by atoms with Crippen molar-refractivity contribution in [2.45, 2.75) is 25.8 Å². The zero-order valence-corrected chi connectivity index (χ0v) is 10.7. The number of nitrogens with one attached hydrogen (secondary N) is 2. The van der Waals surface area contributed by atoms with Crippen LogP contribution in [0.2, 0.25) is 0 Å². The number of nitrogens with zero attached hydrogens (tertiary/aromatic N) is 2. The van der Waals surface area contributed by atoms with Crippen molar-refractivity contribution in [1.82, 2.24) is 9.88 Å². The first-order valence-corrected chi connectivity index (χ1v) is 6.42. The van der Waals surface area contributed by atoms with Gasteiger partial charge in [0.1, 0.15) is 0 Å². The Morgan fingerprint density at radius 1 is 1.35 bits per heavy atom. The Morgan fingerprint density at radius 3 is 2.76 bits per heavy atom. The normalized spacial score (nSPS) is 20.5. The summed E-state index contributed by atoms with van der Waals surface area (Å²) < 4.78 is 0. The minimum absolute atomic E-state index is 0.665. The summed E-state index contributed by atoms with van der Waals surface area (Å²) >= 11 is 0. The van der Waals surface area contributed by atoms with Crippen molar-refractivity contribution >= 4 is 11.4 Å². The number of aromatic nitrogens is 1. The maximum absolute atomic E-state index is 4.23. The van der Waals surface area contributed by atoms with Crippen LogP contribution in [-0.2, 0) is 0 Å². The molecule has 1 aromatic heterocycles. The number of anilines is 2. The van der Waals surface area contributed by atoms with Crippen molar-refractivity contribution in [1.29, 1.82) is 0 Å². The van der Waals surface area contributed by atoms with Gasteiger partial charge in [0.05, 0.1) is 23.8 Å². The Bertz CT molecular complexity index is 353. The summed E-state index contributed by atoms with van der Waals surface area (Å²) in [5.74, 6) is 0. The van der Waals surface area contributed by atoms with Gasteiger partial charge in [0, 0.05) is 19.1 Å². The van der Waals surface area contributed by atoms with E-state index in [1.165, 1.54) is 19.4 Å². The van der Waals surface area contributed by atoms with E-state index < -0.39 is 0 Å². The molecule has 4 heteroatoms. The first kappa shape index (κ1) is 12.2. The van der Waals surface area contributed by atoms with E-state index in [1.807, 2.05) is 12.4 Å². The molecule has 1 atom stereocenters. The average Bonchev–Trinajstić information content (AvgIpc) is 2.73. The van der Waals surface area contributed by atoms with Crippen molar-refractivity contribution in [3.05, 3.63) is 18.5 Å². The predicted octanol–water partition coefficient (Wildman–Crippen LogP) is 2.02. The second-order valence-corrected chi connectivity index (χ2v) is 4.65. The van der Waals surface area contributed by atoms with Gasteiger partial charge in [-0.15, -0.1) is 0 Å². The second kappa shape index (κ2) is 5.87. The van der Waals surface area contributed by atoms with Crippen LogP contribution >= 0.6 is 0 Å². The van der Waals surface area contributed by atoms with Gasteiger partial charge in [-0.25, -0.2) is 0 Å². The SMILES string of the molecule is CCNc1cncc(NCC2CCCN2C)c1. The highest BCUT2D eigenvalue weighted by Gasteiger charge is 2.20. The number of likely N-dealkylation sites (N-methyl/N-ethyl adjacent to an activating group) is 1. The van der Waals surface area contributed by atoms with Crippen molar-refractivity contribution in [3.63, 3.8) is 0 Å². The Balaban J connectivity index is 1.87. The molecule has 2 N–H and O–H groups in total. The summed E-state index contributed by atoms with van der Waals surface area (Å²) in [5, 5.41) is 6.74. The van der Waals surface area contributed by atoms with Crippen LogP contribution in [0, 0.1) is 0 Å². The fourth-order valence-electron chi connectivity index (χ4n) is 2.31. The van der Waals surface area contributed by atoms with Gasteiger partial charge in [-0.05, 0) is 39.4 Å². The molecule has 94 valence electrons. The molecule has 0 saturated carbocycles. The molecule has 1 aromatic rings. The Hall–Kier alpha value is -1.29. The molecule has 0 aliphatic carbocycles. The zero-order valence-electron chi connectivity index (χ0n) is 10.7. The van der Waals surface area contributed by atoms with E-state index in [2.05, 4.69) is 40.6 Å². The van der Waals surface area contributed by atoms with Crippen LogP contribution < -0.4 is 10.6 Å². The molecule has 17 heavy (non-hydrogen) atoms. The molecule has 1 unspecified atom stereocenters. The number of hydrogen-bond donors (Lipinski definition) is 2. The molecule has 2 rings (SSSR count). The molecule has 0 radical (unpaired) electrons. The van der Waals surface area contributed by atoms with Crippen molar-refractivity contribution in [2.24, 2.45) is 0 Å². The third-order valence-electron chi connectivity index (χ3n) is 3.33. The fourth-order valence-corrected chi connectivity index (χ4v) is 2.31. The van der Waals surface area contributed by atoms with Gasteiger partial charge in [-0.1, -0.05) is 0 Å². The van der Waals surface area contributed by atoms with Crippen LogP contribution in [-0.4, -0.2) is 42.6 Å². The summed E-state index contributed by atoms with van der Waals surface area (Å²) in [7, 11) is 2.20. The number of hydrogen-bond acceptors (Lipinski definition) is 4. The van der Waals surface area contributed by atoms with Crippen LogP contribution in [0.4, 0.5) is 11.4 Å². The van der Waals surface area contributed by atoms with Crippen molar-refractivity contribution in [2.75, 3.05) is 37.3 Å². The quantitative estimate of drug-likeness (QED) is 0.817. The molecule has 1 saturated heterocycles. The van der Waals surface area contributed by atoms with Crippen LogP contribution in [0.25, 0.3) is 0 Å². The Morgan fingerprint density at radius 2 is 2.12 bits per heavy atom. The molecule has 1 aliphatic rings. The van der Waals surface area contributed by atoms with E-state index in [9.17, 15) is 0 Å². The zero-order chi connectivity index (χ0) is 12.1. The highest BCUT2D eigenvalue weighted by Crippen LogP contribution is 2.17. The van der Waals surface area contributed by atoms with Gasteiger partial charge >= 0.3 is 0 Å². The van der Waals surface area contributed by atoms with E-state index in [0.29, 0.717) is 6.04 Å². The second-order valence-electron chi connectivity index (χ2n) is 4.65. The molecule has 0 spiro atoms. The molecule has 2 heterocycles. The standard InChI is InChI=1S/C13H22N4/c1-3-15-11-7-12(9-14-8-11)16-10-13-5-4-6-17(13)2/h7-9,13,15-16H,3-6,10H2,1-2H3. The predicted molar refractivity (Wildman–Crippen MR) is 72.5 cm³/mol. The smallest absolute Gasteiger partial charge is 0.0548 e. The summed E-state index contributed by atoms with van der Waals surface area (Å²) in [5.41, 5.74) is 2.18. The number of rotatable bonds is 5. The molecule has 0 amide bonds. The van der Waals surface area contributed by atoms with E-state index >= 15 is 0 Å². The third-order valence-corrected chi connectivity index (χ3v) is 3.33. The van der Waals surface area contributed by atoms with E-state index in [-0.39, 0.29) is 0 Å². The third kappa shape index (κ3) is 3.33. The Kier molecular flexibility index (Phi) is 4.20. The summed E-state index contributed by atoms with van der Waals surface area (Å²) in [6, 6.07) is 2.78. The van der Waals surface area contributed by atoms with E-state index in [0.717, 1.165) is 24.5 Å². The van der Waals surface area contributed by atoms with Crippen LogP contribution in [0.3, 0.4) is 0 Å². The molecular weight excluding hydrogens is 212 g/mol. The lowest BCUT2D eigenvalue weighted by molar-refractivity contribution is 0.322. The largest absolute Gasteiger partial charge is 0.384 e. The summed E-state index contributed by atoms with van der Waals surface area (Å²) in [4.78, 5) is 6.65. The van der Waals surface area contributed by atoms with Gasteiger partial charge in [0.25, 0.3) is 0 Å². The molecule has 1 fully saturated rings. The molecule has 1 aliphatic heterocycles. The lowest BCUT2D eigenvalue weighted by Crippen LogP contribution is -2.31. The highest BCUT2D eigenvalue weighted by atomic mass is 15.2. The minimum atomic E-state index is 0.665. The number of likely N-dealkylation sites (tertiary alicyclic amines) is 1. The van der Waals surface area contributed by atoms with Crippen molar-refractivity contribution in [3.8, 4) is 0 Å². The maximum atomic E-state index is 4.23. The topological polar surface area (TPSA) is 40.2 Å². The molecule has 4 nitrogen and oxygen atoms in total. The monoisotopic (exact) mass is 234 g/mol. The van der Waals surface area contributed by atoms with Crippen molar-refractivity contribution < 1.29 is 0 Å². The highest BCUT2D eigenvalue weighted by molar-refractivity contribution is 5.53. The fraction of sp³-hybridized carbons (Fsp3) is 0.615. The first-order valence-electron chi connectivity index (χ1n) is 6.42. The molecule has 0 bridgehead atoms. The maximum Gasteiger partial charge on any atom is 0.0548 e. The average molecular weight is 234 g/mol. The van der Waals surface area contributed by atoms with E-state index in [4.69, 9.17) is 0 Å². The lowest BCUT2D eigenvalue weighted by Gasteiger charge is -2.20. The van der Waals surface area contributed by atoms with E-state index in [1.54, 1.807) is 0 Å². The van der Waals surface area contributed by atoms with Gasteiger partial charge in [0.2, 0.25) is 0 Å². The first-order chi connectivity index (χ1) is 8.29. The lowest BCUT2D eigenvalue weighted by atomic mass is 10.2. The minimum Gasteiger partial charge on any atom is -0.384 e. The molecule has 0 aromatic carbocycles. The van der Waals surface area contributed by atoms with Gasteiger partial charge in [-0.3, -0.25) is 4.98 Å². The van der Waals surface area contributed by atoms with Gasteiger partial charge in [0.15, 0.2) is 0 Å². The Labute approximate surface area is 103 Å². The summed E-state index contributed by atoms with van der Waals surface area (Å²) in [6.45, 7) is 5.25. The van der Waals surface area contributed by atoms with Crippen LogP contribution in [0.1, 0.15) is 19.8 Å². The van der Waals surface area contributed by atoms with Crippen LogP contribution in [0.5, 0.6) is 0 Å². The van der Waals surface area contributed by atoms with Gasteiger partial charge < -0.3 is 15.5 Å². The molecular formula is C13H22N4.